The number of hydrogen-bond donors (Lipinski definition) is 1. The fraction of sp³-hybridized carbons (Fsp3) is 0.524. The van der Waals surface area contributed by atoms with Crippen LogP contribution in [-0.4, -0.2) is 12.2 Å². The summed E-state index contributed by atoms with van der Waals surface area (Å²) < 4.78 is 5.40. The summed E-state index contributed by atoms with van der Waals surface area (Å²) in [6.07, 6.45) is 11.2. The number of ether oxygens (including phenoxy) is 1. The van der Waals surface area contributed by atoms with Crippen molar-refractivity contribution in [2.75, 3.05) is 7.11 Å². The van der Waals surface area contributed by atoms with E-state index in [1.807, 2.05) is 32.9 Å². The Labute approximate surface area is 141 Å². The third-order valence-corrected chi connectivity index (χ3v) is 4.16. The molecule has 0 spiro atoms. The highest BCUT2D eigenvalue weighted by Crippen LogP contribution is 2.36. The molecule has 2 nitrogen and oxygen atoms in total. The van der Waals surface area contributed by atoms with Gasteiger partial charge in [0.05, 0.1) is 12.9 Å². The topological polar surface area (TPSA) is 29.5 Å². The molecule has 2 rings (SSSR count). The van der Waals surface area contributed by atoms with E-state index < -0.39 is 0 Å². The first-order valence-electron chi connectivity index (χ1n) is 8.74. The molecule has 23 heavy (non-hydrogen) atoms. The van der Waals surface area contributed by atoms with Crippen LogP contribution in [0.2, 0.25) is 0 Å². The number of aliphatic hydroxyl groups is 1. The molecule has 1 aliphatic carbocycles. The zero-order chi connectivity index (χ0) is 17.1. The lowest BCUT2D eigenvalue weighted by molar-refractivity contribution is 0.387. The Balaban J connectivity index is 0.000000257. The molecule has 1 aliphatic rings. The van der Waals surface area contributed by atoms with Gasteiger partial charge in [0.25, 0.3) is 0 Å². The van der Waals surface area contributed by atoms with Crippen LogP contribution in [0, 0.1) is 0 Å². The Morgan fingerprint density at radius 1 is 1.13 bits per heavy atom. The zero-order valence-corrected chi connectivity index (χ0v) is 15.1. The Morgan fingerprint density at radius 2 is 1.78 bits per heavy atom. The summed E-state index contributed by atoms with van der Waals surface area (Å²) in [7, 11) is 1.77. The summed E-state index contributed by atoms with van der Waals surface area (Å²) >= 11 is 0. The molecule has 1 saturated carbocycles. The highest BCUT2D eigenvalue weighted by atomic mass is 16.5. The maximum Gasteiger partial charge on any atom is 0.122 e. The molecule has 0 aromatic heterocycles. The minimum absolute atomic E-state index is 0.441. The molecule has 1 aromatic rings. The van der Waals surface area contributed by atoms with Crippen LogP contribution >= 0.6 is 0 Å². The second-order valence-corrected chi connectivity index (χ2v) is 6.33. The Morgan fingerprint density at radius 3 is 2.35 bits per heavy atom. The van der Waals surface area contributed by atoms with Crippen molar-refractivity contribution in [2.24, 2.45) is 0 Å². The van der Waals surface area contributed by atoms with Crippen LogP contribution in [0.4, 0.5) is 0 Å². The molecule has 1 aromatic carbocycles. The third kappa shape index (κ3) is 7.40. The molecule has 0 heterocycles. The molecule has 128 valence electrons. The maximum atomic E-state index is 8.92. The van der Waals surface area contributed by atoms with Crippen LogP contribution in [0.1, 0.15) is 70.8 Å². The normalized spacial score (nSPS) is 15.4. The van der Waals surface area contributed by atoms with Gasteiger partial charge in [0.1, 0.15) is 5.75 Å². The SMILES string of the molecule is CC/C(O)=C\C=C(C)C.COc1ccccc1C1CCCCC1. The number of methoxy groups -OCH3 is 1. The predicted molar refractivity (Wildman–Crippen MR) is 99.3 cm³/mol. The summed E-state index contributed by atoms with van der Waals surface area (Å²) in [5, 5.41) is 8.92. The van der Waals surface area contributed by atoms with E-state index in [0.29, 0.717) is 12.2 Å². The lowest BCUT2D eigenvalue weighted by Gasteiger charge is -2.23. The molecule has 2 heteroatoms. The minimum Gasteiger partial charge on any atom is -0.512 e. The van der Waals surface area contributed by atoms with E-state index in [-0.39, 0.29) is 0 Å². The van der Waals surface area contributed by atoms with Crippen molar-refractivity contribution in [3.05, 3.63) is 53.3 Å². The molecule has 0 atom stereocenters. The number of aliphatic hydroxyl groups excluding tert-OH is 1. The van der Waals surface area contributed by atoms with Gasteiger partial charge in [-0.2, -0.15) is 0 Å². The third-order valence-electron chi connectivity index (χ3n) is 4.16. The zero-order valence-electron chi connectivity index (χ0n) is 15.1. The molecular formula is C21H32O2. The van der Waals surface area contributed by atoms with E-state index in [4.69, 9.17) is 9.84 Å². The van der Waals surface area contributed by atoms with E-state index in [1.54, 1.807) is 13.2 Å². The standard InChI is InChI=1S/C13H18O.C8H14O/c1-14-13-10-6-5-9-12(13)11-7-3-2-4-8-11;1-4-8(9)6-5-7(2)3/h5-6,9-11H,2-4,7-8H2,1H3;5-6,9H,4H2,1-3H3/b;8-6+. The number of hydrogen-bond acceptors (Lipinski definition) is 2. The summed E-state index contributed by atoms with van der Waals surface area (Å²) in [5.74, 6) is 2.25. The molecule has 0 saturated heterocycles. The number of rotatable bonds is 4. The van der Waals surface area contributed by atoms with E-state index in [2.05, 4.69) is 18.2 Å². The molecule has 0 unspecified atom stereocenters. The predicted octanol–water partition coefficient (Wildman–Crippen LogP) is 6.55. The van der Waals surface area contributed by atoms with Gasteiger partial charge in [0.2, 0.25) is 0 Å². The summed E-state index contributed by atoms with van der Waals surface area (Å²) in [5.41, 5.74) is 2.62. The Kier molecular flexibility index (Phi) is 9.20. The first kappa shape index (κ1) is 19.3. The lowest BCUT2D eigenvalue weighted by Crippen LogP contribution is -2.05. The lowest BCUT2D eigenvalue weighted by atomic mass is 9.84. The monoisotopic (exact) mass is 316 g/mol. The van der Waals surface area contributed by atoms with Gasteiger partial charge in [0.15, 0.2) is 0 Å². The minimum atomic E-state index is 0.441. The number of allylic oxidation sites excluding steroid dienone is 4. The van der Waals surface area contributed by atoms with Crippen molar-refractivity contribution in [2.45, 2.75) is 65.2 Å². The highest BCUT2D eigenvalue weighted by Gasteiger charge is 2.18. The summed E-state index contributed by atoms with van der Waals surface area (Å²) in [6, 6.07) is 8.45. The van der Waals surface area contributed by atoms with Gasteiger partial charge in [-0.05, 0) is 50.3 Å². The van der Waals surface area contributed by atoms with Crippen LogP contribution in [0.3, 0.4) is 0 Å². The molecule has 1 N–H and O–H groups in total. The average Bonchev–Trinajstić information content (AvgIpc) is 2.60. The molecule has 0 amide bonds. The van der Waals surface area contributed by atoms with Gasteiger partial charge in [-0.15, -0.1) is 0 Å². The molecular weight excluding hydrogens is 284 g/mol. The van der Waals surface area contributed by atoms with Crippen LogP contribution in [0.5, 0.6) is 5.75 Å². The summed E-state index contributed by atoms with van der Waals surface area (Å²) in [4.78, 5) is 0. The van der Waals surface area contributed by atoms with Crippen molar-refractivity contribution in [1.82, 2.24) is 0 Å². The number of para-hydroxylation sites is 1. The molecule has 0 aliphatic heterocycles. The van der Waals surface area contributed by atoms with Crippen molar-refractivity contribution >= 4 is 0 Å². The van der Waals surface area contributed by atoms with Crippen LogP contribution < -0.4 is 4.74 Å². The van der Waals surface area contributed by atoms with Crippen molar-refractivity contribution < 1.29 is 9.84 Å². The van der Waals surface area contributed by atoms with Crippen LogP contribution in [-0.2, 0) is 0 Å². The van der Waals surface area contributed by atoms with E-state index in [1.165, 1.54) is 43.2 Å². The van der Waals surface area contributed by atoms with Crippen molar-refractivity contribution in [1.29, 1.82) is 0 Å². The molecule has 0 bridgehead atoms. The highest BCUT2D eigenvalue weighted by molar-refractivity contribution is 5.36. The van der Waals surface area contributed by atoms with Gasteiger partial charge in [0, 0.05) is 6.42 Å². The Hall–Kier alpha value is -1.70. The van der Waals surface area contributed by atoms with Gasteiger partial charge < -0.3 is 9.84 Å². The van der Waals surface area contributed by atoms with Gasteiger partial charge >= 0.3 is 0 Å². The average molecular weight is 316 g/mol. The first-order chi connectivity index (χ1) is 11.1. The molecule has 0 radical (unpaired) electrons. The molecule has 1 fully saturated rings. The fourth-order valence-corrected chi connectivity index (χ4v) is 2.80. The Bertz CT molecular complexity index is 504. The largest absolute Gasteiger partial charge is 0.512 e. The van der Waals surface area contributed by atoms with Gasteiger partial charge in [-0.1, -0.05) is 56.0 Å². The fourth-order valence-electron chi connectivity index (χ4n) is 2.80. The van der Waals surface area contributed by atoms with Crippen LogP contribution in [0.25, 0.3) is 0 Å². The quantitative estimate of drug-likeness (QED) is 0.504. The second-order valence-electron chi connectivity index (χ2n) is 6.33. The van der Waals surface area contributed by atoms with Gasteiger partial charge in [-0.3, -0.25) is 0 Å². The van der Waals surface area contributed by atoms with E-state index >= 15 is 0 Å². The van der Waals surface area contributed by atoms with E-state index in [9.17, 15) is 0 Å². The van der Waals surface area contributed by atoms with Crippen LogP contribution in [0.15, 0.2) is 47.7 Å². The van der Waals surface area contributed by atoms with Crippen molar-refractivity contribution in [3.8, 4) is 5.75 Å². The first-order valence-corrected chi connectivity index (χ1v) is 8.74. The van der Waals surface area contributed by atoms with Crippen molar-refractivity contribution in [3.63, 3.8) is 0 Å². The maximum absolute atomic E-state index is 8.92. The van der Waals surface area contributed by atoms with E-state index in [0.717, 1.165) is 11.7 Å². The number of benzene rings is 1. The summed E-state index contributed by atoms with van der Waals surface area (Å²) in [6.45, 7) is 5.92. The van der Waals surface area contributed by atoms with Gasteiger partial charge in [-0.25, -0.2) is 0 Å². The second kappa shape index (κ2) is 10.9. The smallest absolute Gasteiger partial charge is 0.122 e.